The first kappa shape index (κ1) is 24.6. The molecule has 7 heteroatoms. The van der Waals surface area contributed by atoms with Gasteiger partial charge in [0.15, 0.2) is 5.89 Å². The number of hydrogen-bond acceptors (Lipinski definition) is 6. The van der Waals surface area contributed by atoms with Crippen molar-refractivity contribution in [3.63, 3.8) is 0 Å². The smallest absolute Gasteiger partial charge is 0.331 e. The predicted octanol–water partition coefficient (Wildman–Crippen LogP) is 5.58. The highest BCUT2D eigenvalue weighted by Gasteiger charge is 2.38. The van der Waals surface area contributed by atoms with Crippen LogP contribution in [0.25, 0.3) is 11.3 Å². The average molecular weight is 467 g/mol. The molecule has 1 atom stereocenters. The van der Waals surface area contributed by atoms with Crippen LogP contribution in [0, 0.1) is 6.92 Å². The Kier molecular flexibility index (Phi) is 8.33. The lowest BCUT2D eigenvalue weighted by molar-refractivity contribution is -0.153. The molecule has 174 valence electrons. The van der Waals surface area contributed by atoms with Gasteiger partial charge in [-0.1, -0.05) is 43.0 Å². The van der Waals surface area contributed by atoms with Crippen molar-refractivity contribution in [3.05, 3.63) is 66.2 Å². The normalized spacial score (nSPS) is 12.7. The summed E-state index contributed by atoms with van der Waals surface area (Å²) >= 11 is 1.68. The summed E-state index contributed by atoms with van der Waals surface area (Å²) in [5, 5.41) is 2.83. The first-order chi connectivity index (χ1) is 15.8. The molecule has 0 aliphatic carbocycles. The van der Waals surface area contributed by atoms with Crippen molar-refractivity contribution in [1.82, 2.24) is 10.3 Å². The third-order valence-corrected chi connectivity index (χ3v) is 6.47. The second-order valence-electron chi connectivity index (χ2n) is 7.86. The summed E-state index contributed by atoms with van der Waals surface area (Å²) in [5.74, 6) is 0.0412. The summed E-state index contributed by atoms with van der Waals surface area (Å²) in [6.07, 6.45) is 3.28. The van der Waals surface area contributed by atoms with Gasteiger partial charge in [0.2, 0.25) is 5.91 Å². The van der Waals surface area contributed by atoms with Crippen LogP contribution >= 0.6 is 11.8 Å². The molecule has 0 aliphatic rings. The van der Waals surface area contributed by atoms with Gasteiger partial charge in [0.05, 0.1) is 6.61 Å². The van der Waals surface area contributed by atoms with Crippen molar-refractivity contribution >= 4 is 23.6 Å². The van der Waals surface area contributed by atoms with Gasteiger partial charge in [-0.25, -0.2) is 9.78 Å². The topological polar surface area (TPSA) is 81.4 Å². The maximum absolute atomic E-state index is 12.6. The van der Waals surface area contributed by atoms with E-state index >= 15 is 0 Å². The van der Waals surface area contributed by atoms with Gasteiger partial charge in [0.25, 0.3) is 0 Å². The maximum atomic E-state index is 12.6. The number of carbonyl (C=O) groups excluding carboxylic acids is 2. The lowest BCUT2D eigenvalue weighted by Gasteiger charge is -2.31. The number of amides is 1. The van der Waals surface area contributed by atoms with E-state index in [1.807, 2.05) is 26.0 Å². The van der Waals surface area contributed by atoms with Crippen LogP contribution in [0.15, 0.2) is 69.0 Å². The molecule has 3 aromatic rings. The second kappa shape index (κ2) is 11.2. The van der Waals surface area contributed by atoms with Crippen molar-refractivity contribution in [2.75, 3.05) is 6.61 Å². The number of benzene rings is 2. The summed E-state index contributed by atoms with van der Waals surface area (Å²) < 4.78 is 10.5. The van der Waals surface area contributed by atoms with Crippen molar-refractivity contribution in [1.29, 1.82) is 0 Å². The second-order valence-corrected chi connectivity index (χ2v) is 9.01. The maximum Gasteiger partial charge on any atom is 0.331 e. The number of carbonyl (C=O) groups is 2. The zero-order valence-corrected chi connectivity index (χ0v) is 20.3. The standard InChI is InChI=1S/C26H30N2O4S/c1-5-26(28-18(3)29,25(30)31-6-2)16-15-20-7-11-22(12-8-20)33-23-13-9-21(10-14-23)24-17-32-19(4)27-24/h7-14,17H,5-6,15-16H2,1-4H3,(H,28,29). The van der Waals surface area contributed by atoms with Gasteiger partial charge < -0.3 is 14.5 Å². The van der Waals surface area contributed by atoms with Crippen molar-refractivity contribution in [3.8, 4) is 11.3 Å². The van der Waals surface area contributed by atoms with Crippen LogP contribution in [0.2, 0.25) is 0 Å². The Bertz CT molecular complexity index is 1080. The lowest BCUT2D eigenvalue weighted by Crippen LogP contribution is -2.54. The van der Waals surface area contributed by atoms with E-state index in [0.717, 1.165) is 26.6 Å². The number of nitrogens with one attached hydrogen (secondary N) is 1. The van der Waals surface area contributed by atoms with Crippen LogP contribution in [-0.2, 0) is 20.7 Å². The van der Waals surface area contributed by atoms with Crippen LogP contribution in [0.1, 0.15) is 45.1 Å². The van der Waals surface area contributed by atoms with Crippen LogP contribution in [0.4, 0.5) is 0 Å². The molecule has 1 unspecified atom stereocenters. The van der Waals surface area contributed by atoms with Crippen LogP contribution in [-0.4, -0.2) is 29.0 Å². The predicted molar refractivity (Wildman–Crippen MR) is 129 cm³/mol. The van der Waals surface area contributed by atoms with Gasteiger partial charge in [-0.3, -0.25) is 4.79 Å². The molecule has 1 heterocycles. The number of esters is 1. The van der Waals surface area contributed by atoms with E-state index in [-0.39, 0.29) is 18.5 Å². The zero-order chi connectivity index (χ0) is 23.8. The molecule has 0 spiro atoms. The van der Waals surface area contributed by atoms with Gasteiger partial charge in [-0.2, -0.15) is 0 Å². The zero-order valence-electron chi connectivity index (χ0n) is 19.5. The van der Waals surface area contributed by atoms with Gasteiger partial charge in [0, 0.05) is 29.2 Å². The van der Waals surface area contributed by atoms with Gasteiger partial charge in [0.1, 0.15) is 17.5 Å². The fourth-order valence-corrected chi connectivity index (χ4v) is 4.46. The summed E-state index contributed by atoms with van der Waals surface area (Å²) in [5.41, 5.74) is 1.95. The average Bonchev–Trinajstić information content (AvgIpc) is 3.24. The SMILES string of the molecule is CCOC(=O)C(CC)(CCc1ccc(Sc2ccc(-c3coc(C)n3)cc2)cc1)NC(C)=O. The van der Waals surface area contributed by atoms with Gasteiger partial charge in [-0.15, -0.1) is 0 Å². The summed E-state index contributed by atoms with van der Waals surface area (Å²) in [7, 11) is 0. The number of hydrogen-bond donors (Lipinski definition) is 1. The molecule has 0 saturated carbocycles. The largest absolute Gasteiger partial charge is 0.464 e. The molecule has 33 heavy (non-hydrogen) atoms. The number of ether oxygens (including phenoxy) is 1. The number of aryl methyl sites for hydroxylation is 2. The number of oxazole rings is 1. The first-order valence-corrected chi connectivity index (χ1v) is 11.9. The fourth-order valence-electron chi connectivity index (χ4n) is 3.64. The molecule has 1 aromatic heterocycles. The molecule has 1 N–H and O–H groups in total. The van der Waals surface area contributed by atoms with Crippen molar-refractivity contribution < 1.29 is 18.7 Å². The minimum atomic E-state index is -1.00. The monoisotopic (exact) mass is 466 g/mol. The van der Waals surface area contributed by atoms with Crippen LogP contribution in [0.3, 0.4) is 0 Å². The highest BCUT2D eigenvalue weighted by Crippen LogP contribution is 2.30. The van der Waals surface area contributed by atoms with E-state index in [9.17, 15) is 9.59 Å². The van der Waals surface area contributed by atoms with E-state index in [0.29, 0.717) is 25.2 Å². The molecule has 1 amide bonds. The Hall–Kier alpha value is -3.06. The Morgan fingerprint density at radius 1 is 1.06 bits per heavy atom. The third kappa shape index (κ3) is 6.48. The Morgan fingerprint density at radius 2 is 1.70 bits per heavy atom. The Morgan fingerprint density at radius 3 is 2.21 bits per heavy atom. The van der Waals surface area contributed by atoms with Crippen LogP contribution in [0.5, 0.6) is 0 Å². The fraction of sp³-hybridized carbons (Fsp3) is 0.346. The Balaban J connectivity index is 1.63. The lowest BCUT2D eigenvalue weighted by atomic mass is 9.88. The first-order valence-electron chi connectivity index (χ1n) is 11.1. The molecule has 0 fully saturated rings. The van der Waals surface area contributed by atoms with E-state index in [4.69, 9.17) is 9.15 Å². The minimum Gasteiger partial charge on any atom is -0.464 e. The molecule has 2 aromatic carbocycles. The summed E-state index contributed by atoms with van der Waals surface area (Å²) in [6.45, 7) is 7.20. The molecule has 6 nitrogen and oxygen atoms in total. The van der Waals surface area contributed by atoms with E-state index in [1.54, 1.807) is 24.9 Å². The number of nitrogens with zero attached hydrogens (tertiary/aromatic N) is 1. The van der Waals surface area contributed by atoms with Crippen LogP contribution < -0.4 is 5.32 Å². The van der Waals surface area contributed by atoms with Gasteiger partial charge >= 0.3 is 5.97 Å². The molecule has 3 rings (SSSR count). The molecule has 0 bridgehead atoms. The van der Waals surface area contributed by atoms with Crippen molar-refractivity contribution in [2.24, 2.45) is 0 Å². The third-order valence-electron chi connectivity index (χ3n) is 5.45. The molecule has 0 saturated heterocycles. The van der Waals surface area contributed by atoms with E-state index in [1.165, 1.54) is 6.92 Å². The highest BCUT2D eigenvalue weighted by atomic mass is 32.2. The highest BCUT2D eigenvalue weighted by molar-refractivity contribution is 7.99. The minimum absolute atomic E-state index is 0.235. The molecule has 0 aliphatic heterocycles. The van der Waals surface area contributed by atoms with E-state index < -0.39 is 5.54 Å². The molecule has 0 radical (unpaired) electrons. The quantitative estimate of drug-likeness (QED) is 0.393. The van der Waals surface area contributed by atoms with Crippen molar-refractivity contribution in [2.45, 2.75) is 62.3 Å². The summed E-state index contributed by atoms with van der Waals surface area (Å²) in [4.78, 5) is 30.9. The molecular formula is C26H30N2O4S. The van der Waals surface area contributed by atoms with Gasteiger partial charge in [-0.05, 0) is 56.0 Å². The van der Waals surface area contributed by atoms with E-state index in [2.05, 4.69) is 46.7 Å². The number of rotatable bonds is 10. The number of aromatic nitrogens is 1. The molecular weight excluding hydrogens is 436 g/mol. The summed E-state index contributed by atoms with van der Waals surface area (Å²) in [6, 6.07) is 16.5. The Labute approximate surface area is 199 Å².